The van der Waals surface area contributed by atoms with Crippen LogP contribution < -0.4 is 15.2 Å². The molecule has 1 aliphatic heterocycles. The Labute approximate surface area is 183 Å². The maximum Gasteiger partial charge on any atom is 0.335 e. The minimum absolute atomic E-state index is 0.0658. The van der Waals surface area contributed by atoms with Crippen molar-refractivity contribution in [2.24, 2.45) is 5.73 Å². The summed E-state index contributed by atoms with van der Waals surface area (Å²) in [5.74, 6) is -0.930. The topological polar surface area (TPSA) is 147 Å². The Morgan fingerprint density at radius 3 is 2.78 bits per heavy atom. The summed E-state index contributed by atoms with van der Waals surface area (Å²) in [6.07, 6.45) is 0. The molecule has 1 atom stereocenters. The van der Waals surface area contributed by atoms with Crippen LogP contribution in [0.3, 0.4) is 0 Å². The van der Waals surface area contributed by atoms with E-state index in [0.717, 1.165) is 0 Å². The van der Waals surface area contributed by atoms with Gasteiger partial charge in [-0.1, -0.05) is 18.2 Å². The van der Waals surface area contributed by atoms with Crippen LogP contribution in [0, 0.1) is 29.6 Å². The lowest BCUT2D eigenvalue weighted by atomic mass is 9.84. The van der Waals surface area contributed by atoms with Crippen LogP contribution in [0.1, 0.15) is 33.1 Å². The molecule has 2 heterocycles. The van der Waals surface area contributed by atoms with Crippen molar-refractivity contribution in [2.75, 3.05) is 6.61 Å². The Hall–Kier alpha value is -4.76. The number of hydrogen-bond donors (Lipinski definition) is 2. The number of fused-ring (bicyclic) bond motifs is 1. The third-order valence-corrected chi connectivity index (χ3v) is 5.06. The number of carboxylic acids is 1. The van der Waals surface area contributed by atoms with Gasteiger partial charge in [0.2, 0.25) is 11.8 Å². The Bertz CT molecular complexity index is 1340. The van der Waals surface area contributed by atoms with Crippen molar-refractivity contribution in [1.82, 2.24) is 9.78 Å². The Balaban J connectivity index is 1.89. The Morgan fingerprint density at radius 2 is 2.06 bits per heavy atom. The third kappa shape index (κ3) is 3.48. The normalized spacial score (nSPS) is 14.7. The van der Waals surface area contributed by atoms with Crippen molar-refractivity contribution in [1.29, 1.82) is 10.5 Å². The molecule has 3 aromatic rings. The number of aryl methyl sites for hydroxylation is 1. The molecule has 0 spiro atoms. The molecule has 0 bridgehead atoms. The van der Waals surface area contributed by atoms with Gasteiger partial charge in [0.25, 0.3) is 0 Å². The smallest absolute Gasteiger partial charge is 0.335 e. The number of aromatic carboxylic acids is 1. The first kappa shape index (κ1) is 20.5. The SMILES string of the molecule is Cc1nn(-c2cccc(C(=O)O)c2)c2c1C(c1cccc(OCC#N)c1)C(C#N)=C(N)O2. The third-order valence-electron chi connectivity index (χ3n) is 5.06. The van der Waals surface area contributed by atoms with Crippen molar-refractivity contribution in [2.45, 2.75) is 12.8 Å². The average Bonchev–Trinajstić information content (AvgIpc) is 3.12. The first-order chi connectivity index (χ1) is 15.4. The molecule has 0 radical (unpaired) electrons. The van der Waals surface area contributed by atoms with Crippen LogP contribution in [0.4, 0.5) is 0 Å². The highest BCUT2D eigenvalue weighted by Gasteiger charge is 2.36. The number of carbonyl (C=O) groups is 1. The maximum absolute atomic E-state index is 11.4. The van der Waals surface area contributed by atoms with E-state index in [1.54, 1.807) is 37.3 Å². The van der Waals surface area contributed by atoms with E-state index in [1.165, 1.54) is 16.8 Å². The molecule has 1 aromatic heterocycles. The quantitative estimate of drug-likeness (QED) is 0.631. The van der Waals surface area contributed by atoms with Gasteiger partial charge in [0.15, 0.2) is 6.61 Å². The summed E-state index contributed by atoms with van der Waals surface area (Å²) in [5, 5.41) is 32.5. The van der Waals surface area contributed by atoms with E-state index in [9.17, 15) is 15.2 Å². The number of nitrogens with two attached hydrogens (primary N) is 1. The fourth-order valence-corrected chi connectivity index (χ4v) is 3.69. The molecule has 0 saturated carbocycles. The summed E-state index contributed by atoms with van der Waals surface area (Å²) >= 11 is 0. The van der Waals surface area contributed by atoms with Gasteiger partial charge in [-0.2, -0.15) is 15.6 Å². The molecule has 0 aliphatic carbocycles. The predicted octanol–water partition coefficient (Wildman–Crippen LogP) is 3.00. The highest BCUT2D eigenvalue weighted by molar-refractivity contribution is 5.88. The summed E-state index contributed by atoms with van der Waals surface area (Å²) < 4.78 is 12.7. The second-order valence-electron chi connectivity index (χ2n) is 7.02. The number of aromatic nitrogens is 2. The molecule has 0 amide bonds. The minimum Gasteiger partial charge on any atom is -0.479 e. The van der Waals surface area contributed by atoms with Gasteiger partial charge in [0, 0.05) is 0 Å². The number of nitriles is 2. The van der Waals surface area contributed by atoms with E-state index in [1.807, 2.05) is 12.1 Å². The van der Waals surface area contributed by atoms with E-state index in [2.05, 4.69) is 11.2 Å². The first-order valence-electron chi connectivity index (χ1n) is 9.55. The highest BCUT2D eigenvalue weighted by atomic mass is 16.5. The molecule has 9 nitrogen and oxygen atoms in total. The molecule has 0 saturated heterocycles. The van der Waals surface area contributed by atoms with Crippen LogP contribution in [0.5, 0.6) is 11.6 Å². The van der Waals surface area contributed by atoms with Crippen molar-refractivity contribution < 1.29 is 19.4 Å². The van der Waals surface area contributed by atoms with Gasteiger partial charge in [-0.3, -0.25) is 0 Å². The van der Waals surface area contributed by atoms with E-state index in [-0.39, 0.29) is 23.6 Å². The monoisotopic (exact) mass is 427 g/mol. The lowest BCUT2D eigenvalue weighted by molar-refractivity contribution is 0.0697. The van der Waals surface area contributed by atoms with Gasteiger partial charge in [-0.05, 0) is 42.8 Å². The van der Waals surface area contributed by atoms with Gasteiger partial charge in [-0.15, -0.1) is 0 Å². The Kier molecular flexibility index (Phi) is 5.24. The molecule has 2 aromatic carbocycles. The zero-order valence-electron chi connectivity index (χ0n) is 16.9. The van der Waals surface area contributed by atoms with Crippen LogP contribution in [0.15, 0.2) is 60.0 Å². The molecule has 32 heavy (non-hydrogen) atoms. The fraction of sp³-hybridized carbons (Fsp3) is 0.130. The van der Waals surface area contributed by atoms with Crippen LogP contribution in [0.2, 0.25) is 0 Å². The molecule has 1 aliphatic rings. The van der Waals surface area contributed by atoms with Crippen LogP contribution in [-0.2, 0) is 0 Å². The Morgan fingerprint density at radius 1 is 1.28 bits per heavy atom. The van der Waals surface area contributed by atoms with Crippen LogP contribution in [0.25, 0.3) is 5.69 Å². The number of nitrogens with zero attached hydrogens (tertiary/aromatic N) is 4. The van der Waals surface area contributed by atoms with Gasteiger partial charge in [0.05, 0.1) is 28.4 Å². The zero-order chi connectivity index (χ0) is 22.8. The fourth-order valence-electron chi connectivity index (χ4n) is 3.69. The summed E-state index contributed by atoms with van der Waals surface area (Å²) in [6, 6.07) is 17.4. The van der Waals surface area contributed by atoms with Gasteiger partial charge < -0.3 is 20.3 Å². The number of benzene rings is 2. The van der Waals surface area contributed by atoms with E-state index in [0.29, 0.717) is 34.1 Å². The molecular weight excluding hydrogens is 410 g/mol. The van der Waals surface area contributed by atoms with E-state index in [4.69, 9.17) is 20.5 Å². The van der Waals surface area contributed by atoms with Crippen molar-refractivity contribution in [3.63, 3.8) is 0 Å². The summed E-state index contributed by atoms with van der Waals surface area (Å²) in [4.78, 5) is 11.4. The van der Waals surface area contributed by atoms with Crippen molar-refractivity contribution in [3.05, 3.63) is 82.4 Å². The molecule has 1 unspecified atom stereocenters. The largest absolute Gasteiger partial charge is 0.479 e. The summed E-state index contributed by atoms with van der Waals surface area (Å²) in [7, 11) is 0. The highest BCUT2D eigenvalue weighted by Crippen LogP contribution is 2.45. The van der Waals surface area contributed by atoms with E-state index < -0.39 is 11.9 Å². The first-order valence-corrected chi connectivity index (χ1v) is 9.55. The zero-order valence-corrected chi connectivity index (χ0v) is 16.9. The summed E-state index contributed by atoms with van der Waals surface area (Å²) in [5.41, 5.74) is 8.85. The van der Waals surface area contributed by atoms with Crippen molar-refractivity contribution >= 4 is 5.97 Å². The molecule has 4 rings (SSSR count). The maximum atomic E-state index is 11.4. The van der Waals surface area contributed by atoms with E-state index >= 15 is 0 Å². The molecule has 9 heteroatoms. The predicted molar refractivity (Wildman–Crippen MR) is 112 cm³/mol. The number of rotatable bonds is 5. The number of carboxylic acid groups (broad SMARTS) is 1. The van der Waals surface area contributed by atoms with Crippen LogP contribution in [-0.4, -0.2) is 27.5 Å². The number of hydrogen-bond acceptors (Lipinski definition) is 7. The van der Waals surface area contributed by atoms with Crippen molar-refractivity contribution in [3.8, 4) is 29.5 Å². The number of ether oxygens (including phenoxy) is 2. The lowest BCUT2D eigenvalue weighted by Gasteiger charge is -2.25. The summed E-state index contributed by atoms with van der Waals surface area (Å²) in [6.45, 7) is 1.67. The van der Waals surface area contributed by atoms with Gasteiger partial charge in [0.1, 0.15) is 23.5 Å². The molecular formula is C23H17N5O4. The average molecular weight is 427 g/mol. The molecule has 158 valence electrons. The molecule has 3 N–H and O–H groups in total. The molecule has 0 fully saturated rings. The van der Waals surface area contributed by atoms with Gasteiger partial charge in [-0.25, -0.2) is 9.48 Å². The number of allylic oxidation sites excluding steroid dienone is 1. The standard InChI is InChI=1S/C23H17N5O4/c1-13-19-20(14-4-3-7-17(11-14)31-9-8-24)18(12-25)21(26)32-22(19)28(27-13)16-6-2-5-15(10-16)23(29)30/h2-7,10-11,20H,9,26H2,1H3,(H,29,30). The van der Waals surface area contributed by atoms with Crippen LogP contribution >= 0.6 is 0 Å². The minimum atomic E-state index is -1.07. The van der Waals surface area contributed by atoms with Gasteiger partial charge >= 0.3 is 5.97 Å². The lowest BCUT2D eigenvalue weighted by Crippen LogP contribution is -2.22. The second-order valence-corrected chi connectivity index (χ2v) is 7.02. The second kappa shape index (κ2) is 8.17.